The van der Waals surface area contributed by atoms with Crippen molar-refractivity contribution in [2.45, 2.75) is 63.3 Å². The van der Waals surface area contributed by atoms with E-state index in [0.717, 1.165) is 9.90 Å². The molecule has 0 bridgehead atoms. The van der Waals surface area contributed by atoms with E-state index in [9.17, 15) is 20.1 Å². The van der Waals surface area contributed by atoms with Crippen LogP contribution in [0.3, 0.4) is 0 Å². The predicted octanol–water partition coefficient (Wildman–Crippen LogP) is 3.81. The van der Waals surface area contributed by atoms with Crippen molar-refractivity contribution >= 4 is 28.9 Å². The first-order valence-corrected chi connectivity index (χ1v) is 11.0. The first-order valence-electron chi connectivity index (χ1n) is 9.69. The molecule has 1 fully saturated rings. The van der Waals surface area contributed by atoms with Crippen molar-refractivity contribution in [3.63, 3.8) is 0 Å². The number of carboxylic acid groups (broad SMARTS) is 1. The lowest BCUT2D eigenvalue weighted by atomic mass is 9.89. The Morgan fingerprint density at radius 2 is 2.11 bits per heavy atom. The molecule has 3 unspecified atom stereocenters. The number of aliphatic carboxylic acids is 1. The average molecular weight is 429 g/mol. The Hall–Kier alpha value is -1.18. The molecule has 0 aromatic carbocycles. The van der Waals surface area contributed by atoms with Crippen LogP contribution in [0.15, 0.2) is 35.8 Å². The minimum Gasteiger partial charge on any atom is -0.481 e. The fourth-order valence-corrected chi connectivity index (χ4v) is 4.59. The largest absolute Gasteiger partial charge is 0.481 e. The van der Waals surface area contributed by atoms with Gasteiger partial charge in [0.2, 0.25) is 0 Å². The quantitative estimate of drug-likeness (QED) is 0.317. The number of aliphatic hydroxyl groups is 3. The fourth-order valence-electron chi connectivity index (χ4n) is 3.60. The summed E-state index contributed by atoms with van der Waals surface area (Å²) in [5, 5.41) is 41.3. The molecule has 1 saturated carbocycles. The maximum Gasteiger partial charge on any atom is 0.303 e. The van der Waals surface area contributed by atoms with Crippen LogP contribution in [0.25, 0.3) is 0 Å². The number of unbranched alkanes of at least 4 members (excludes halogenated alkanes) is 1. The van der Waals surface area contributed by atoms with Gasteiger partial charge in [-0.2, -0.15) is 0 Å². The summed E-state index contributed by atoms with van der Waals surface area (Å²) < 4.78 is 0.751. The molecule has 5 nitrogen and oxygen atoms in total. The van der Waals surface area contributed by atoms with Crippen molar-refractivity contribution in [2.75, 3.05) is 0 Å². The van der Waals surface area contributed by atoms with Crippen molar-refractivity contribution in [1.29, 1.82) is 0 Å². The van der Waals surface area contributed by atoms with Gasteiger partial charge in [0.1, 0.15) is 0 Å². The van der Waals surface area contributed by atoms with E-state index in [4.69, 9.17) is 16.7 Å². The van der Waals surface area contributed by atoms with Crippen LogP contribution < -0.4 is 0 Å². The molecule has 1 aliphatic carbocycles. The minimum absolute atomic E-state index is 0.111. The van der Waals surface area contributed by atoms with Gasteiger partial charge in [0.15, 0.2) is 0 Å². The van der Waals surface area contributed by atoms with E-state index in [1.165, 1.54) is 11.3 Å². The van der Waals surface area contributed by atoms with E-state index >= 15 is 0 Å². The summed E-state index contributed by atoms with van der Waals surface area (Å²) in [5.74, 6) is -1.12. The second kappa shape index (κ2) is 11.7. The van der Waals surface area contributed by atoms with Crippen LogP contribution in [0.2, 0.25) is 4.34 Å². The molecule has 1 aromatic rings. The van der Waals surface area contributed by atoms with Crippen molar-refractivity contribution in [3.05, 3.63) is 45.7 Å². The highest BCUT2D eigenvalue weighted by Crippen LogP contribution is 2.36. The number of carbonyl (C=O) groups is 1. The maximum absolute atomic E-state index is 10.5. The summed E-state index contributed by atoms with van der Waals surface area (Å²) in [6, 6.07) is 1.96. The average Bonchev–Trinajstić information content (AvgIpc) is 3.16. The first kappa shape index (κ1) is 23.1. The molecular weight excluding hydrogens is 400 g/mol. The van der Waals surface area contributed by atoms with Crippen LogP contribution >= 0.6 is 22.9 Å². The second-order valence-corrected chi connectivity index (χ2v) is 8.83. The monoisotopic (exact) mass is 428 g/mol. The Morgan fingerprint density at radius 3 is 2.79 bits per heavy atom. The van der Waals surface area contributed by atoms with E-state index < -0.39 is 24.3 Å². The lowest BCUT2D eigenvalue weighted by molar-refractivity contribution is -0.137. The number of aryl methyl sites for hydroxylation is 1. The molecular formula is C21H29ClO5S. The van der Waals surface area contributed by atoms with Crippen molar-refractivity contribution in [2.24, 2.45) is 11.8 Å². The number of thiophene rings is 1. The summed E-state index contributed by atoms with van der Waals surface area (Å²) in [6.45, 7) is 0. The minimum atomic E-state index is -0.798. The normalized spacial score (nSPS) is 26.4. The third-order valence-corrected chi connectivity index (χ3v) is 6.46. The molecule has 0 radical (unpaired) electrons. The first-order chi connectivity index (χ1) is 13.4. The topological polar surface area (TPSA) is 98.0 Å². The van der Waals surface area contributed by atoms with Crippen molar-refractivity contribution in [3.8, 4) is 0 Å². The van der Waals surface area contributed by atoms with Gasteiger partial charge in [-0.15, -0.1) is 11.3 Å². The highest BCUT2D eigenvalue weighted by Gasteiger charge is 2.39. The van der Waals surface area contributed by atoms with Crippen LogP contribution in [0.1, 0.15) is 44.1 Å². The van der Waals surface area contributed by atoms with E-state index in [1.807, 2.05) is 29.7 Å². The SMILES string of the molecule is O=C(O)CCCC=CC[C@H]1C(O)CC(O)[C@@H]1C=CC(O)CCc1ccsc1Cl. The Labute approximate surface area is 175 Å². The zero-order valence-corrected chi connectivity index (χ0v) is 17.4. The zero-order valence-electron chi connectivity index (χ0n) is 15.8. The van der Waals surface area contributed by atoms with Gasteiger partial charge in [-0.25, -0.2) is 0 Å². The summed E-state index contributed by atoms with van der Waals surface area (Å²) >= 11 is 7.55. The predicted molar refractivity (Wildman–Crippen MR) is 112 cm³/mol. The molecule has 0 amide bonds. The number of allylic oxidation sites excluding steroid dienone is 2. The molecule has 4 N–H and O–H groups in total. The van der Waals surface area contributed by atoms with Crippen LogP contribution in [0.4, 0.5) is 0 Å². The number of halogens is 1. The number of carboxylic acids is 1. The molecule has 0 saturated heterocycles. The smallest absolute Gasteiger partial charge is 0.303 e. The summed E-state index contributed by atoms with van der Waals surface area (Å²) in [6.07, 6.45) is 9.15. The van der Waals surface area contributed by atoms with Gasteiger partial charge in [-0.1, -0.05) is 35.9 Å². The van der Waals surface area contributed by atoms with Crippen molar-refractivity contribution < 1.29 is 25.2 Å². The molecule has 0 spiro atoms. The second-order valence-electron chi connectivity index (χ2n) is 7.32. The third-order valence-electron chi connectivity index (χ3n) is 5.21. The Bertz CT molecular complexity index is 672. The van der Waals surface area contributed by atoms with E-state index in [0.29, 0.717) is 38.5 Å². The molecule has 0 aliphatic heterocycles. The summed E-state index contributed by atoms with van der Waals surface area (Å²) in [4.78, 5) is 10.5. The highest BCUT2D eigenvalue weighted by atomic mass is 35.5. The van der Waals surface area contributed by atoms with Crippen LogP contribution in [0.5, 0.6) is 0 Å². The van der Waals surface area contributed by atoms with Crippen LogP contribution in [-0.2, 0) is 11.2 Å². The number of hydrogen-bond acceptors (Lipinski definition) is 5. The van der Waals surface area contributed by atoms with E-state index in [-0.39, 0.29) is 18.3 Å². The van der Waals surface area contributed by atoms with Gasteiger partial charge in [-0.3, -0.25) is 4.79 Å². The van der Waals surface area contributed by atoms with Gasteiger partial charge in [0.05, 0.1) is 22.6 Å². The maximum atomic E-state index is 10.5. The molecule has 1 aromatic heterocycles. The van der Waals surface area contributed by atoms with Crippen molar-refractivity contribution in [1.82, 2.24) is 0 Å². The highest BCUT2D eigenvalue weighted by molar-refractivity contribution is 7.14. The molecule has 7 heteroatoms. The zero-order chi connectivity index (χ0) is 20.5. The van der Waals surface area contributed by atoms with E-state index in [1.54, 1.807) is 6.08 Å². The summed E-state index contributed by atoms with van der Waals surface area (Å²) in [5.41, 5.74) is 1.03. The van der Waals surface area contributed by atoms with Crippen LogP contribution in [0, 0.1) is 11.8 Å². The lowest BCUT2D eigenvalue weighted by Gasteiger charge is -2.19. The number of aliphatic hydroxyl groups excluding tert-OH is 3. The number of hydrogen-bond donors (Lipinski definition) is 4. The fraction of sp³-hybridized carbons (Fsp3) is 0.571. The molecule has 156 valence electrons. The molecule has 1 aliphatic rings. The van der Waals surface area contributed by atoms with Gasteiger partial charge in [0.25, 0.3) is 0 Å². The third kappa shape index (κ3) is 7.33. The lowest BCUT2D eigenvalue weighted by Crippen LogP contribution is -2.20. The summed E-state index contributed by atoms with van der Waals surface area (Å²) in [7, 11) is 0. The molecule has 1 heterocycles. The molecule has 2 rings (SSSR count). The van der Waals surface area contributed by atoms with Gasteiger partial charge in [-0.05, 0) is 55.0 Å². The van der Waals surface area contributed by atoms with E-state index in [2.05, 4.69) is 0 Å². The van der Waals surface area contributed by atoms with Gasteiger partial charge in [0, 0.05) is 18.8 Å². The Balaban J connectivity index is 1.82. The molecule has 5 atom stereocenters. The Kier molecular flexibility index (Phi) is 9.68. The van der Waals surface area contributed by atoms with Gasteiger partial charge >= 0.3 is 5.97 Å². The Morgan fingerprint density at radius 1 is 1.32 bits per heavy atom. The van der Waals surface area contributed by atoms with Crippen LogP contribution in [-0.4, -0.2) is 44.7 Å². The molecule has 28 heavy (non-hydrogen) atoms. The standard InChI is InChI=1S/C21H29ClO5S/c22-21-14(11-12-28-21)7-8-15(23)9-10-17-16(18(24)13-19(17)25)5-3-1-2-4-6-20(26)27/h1,3,9-12,15-19,23-25H,2,4-8,13H2,(H,26,27)/t15?,16-,17-,18?,19?/m1/s1. The van der Waals surface area contributed by atoms with Gasteiger partial charge < -0.3 is 20.4 Å². The number of rotatable bonds is 11.